The molecular formula is C40H55N3O3S. The van der Waals surface area contributed by atoms with Gasteiger partial charge in [0, 0.05) is 65.9 Å². The number of esters is 1. The summed E-state index contributed by atoms with van der Waals surface area (Å²) in [6.07, 6.45) is 17.9. The van der Waals surface area contributed by atoms with Gasteiger partial charge in [0.05, 0.1) is 12.1 Å². The molecule has 0 radical (unpaired) electrons. The fourth-order valence-corrected chi connectivity index (χ4v) is 7.40. The first kappa shape index (κ1) is 35.2. The van der Waals surface area contributed by atoms with E-state index in [2.05, 4.69) is 51.4 Å². The molecule has 0 N–H and O–H groups in total. The molecule has 2 aromatic heterocycles. The SMILES string of the molecule is CCCCCCCCCCCCCCC(=O)Oc1ccc2ccc(OCCCCN3CCN(c4cccc5sccc45)CC3)cc2n1. The number of benzene rings is 2. The van der Waals surface area contributed by atoms with Crippen LogP contribution in [0.1, 0.15) is 103 Å². The lowest BCUT2D eigenvalue weighted by Gasteiger charge is -2.36. The summed E-state index contributed by atoms with van der Waals surface area (Å²) in [6, 6.07) is 18.6. The fraction of sp³-hybridized carbons (Fsp3) is 0.550. The van der Waals surface area contributed by atoms with E-state index in [9.17, 15) is 4.79 Å². The fourth-order valence-electron chi connectivity index (χ4n) is 6.60. The molecule has 0 spiro atoms. The van der Waals surface area contributed by atoms with Crippen molar-refractivity contribution >= 4 is 44.0 Å². The van der Waals surface area contributed by atoms with Gasteiger partial charge in [-0.15, -0.1) is 11.3 Å². The molecule has 3 heterocycles. The maximum atomic E-state index is 12.4. The van der Waals surface area contributed by atoms with Crippen molar-refractivity contribution in [2.45, 2.75) is 103 Å². The van der Waals surface area contributed by atoms with Crippen LogP contribution >= 0.6 is 11.3 Å². The van der Waals surface area contributed by atoms with Crippen molar-refractivity contribution in [3.63, 3.8) is 0 Å². The zero-order valence-electron chi connectivity index (χ0n) is 28.6. The van der Waals surface area contributed by atoms with Crippen LogP contribution in [0.4, 0.5) is 5.69 Å². The van der Waals surface area contributed by atoms with Gasteiger partial charge in [-0.2, -0.15) is 0 Å². The lowest BCUT2D eigenvalue weighted by molar-refractivity contribution is -0.134. The Morgan fingerprint density at radius 3 is 2.28 bits per heavy atom. The largest absolute Gasteiger partial charge is 0.494 e. The molecule has 0 saturated carbocycles. The molecule has 1 aliphatic rings. The number of carbonyl (C=O) groups is 1. The number of fused-ring (bicyclic) bond motifs is 2. The molecule has 1 fully saturated rings. The summed E-state index contributed by atoms with van der Waals surface area (Å²) >= 11 is 1.82. The molecule has 0 unspecified atom stereocenters. The number of hydrogen-bond donors (Lipinski definition) is 0. The molecule has 254 valence electrons. The van der Waals surface area contributed by atoms with Gasteiger partial charge in [0.2, 0.25) is 5.88 Å². The van der Waals surface area contributed by atoms with Gasteiger partial charge < -0.3 is 14.4 Å². The molecule has 0 atom stereocenters. The molecule has 4 aromatic rings. The Balaban J connectivity index is 0.929. The highest BCUT2D eigenvalue weighted by Gasteiger charge is 2.18. The lowest BCUT2D eigenvalue weighted by atomic mass is 10.0. The highest BCUT2D eigenvalue weighted by atomic mass is 32.1. The van der Waals surface area contributed by atoms with Crippen molar-refractivity contribution in [2.75, 3.05) is 44.2 Å². The molecule has 2 aromatic carbocycles. The second kappa shape index (κ2) is 19.6. The molecule has 6 nitrogen and oxygen atoms in total. The zero-order valence-corrected chi connectivity index (χ0v) is 29.4. The van der Waals surface area contributed by atoms with Gasteiger partial charge >= 0.3 is 5.97 Å². The van der Waals surface area contributed by atoms with Crippen LogP contribution in [-0.2, 0) is 4.79 Å². The standard InChI is InChI=1S/C40H55N3O3S/c1-2-3-4-5-6-7-8-9-10-11-12-13-19-40(44)46-39-23-21-33-20-22-34(32-36(33)41-39)45-30-15-14-25-42-26-28-43(29-27-42)37-17-16-18-38-35(37)24-31-47-38/h16-18,20-24,31-32H,2-15,19,25-30H2,1H3. The predicted octanol–water partition coefficient (Wildman–Crippen LogP) is 10.4. The monoisotopic (exact) mass is 657 g/mol. The summed E-state index contributed by atoms with van der Waals surface area (Å²) in [6.45, 7) is 8.41. The van der Waals surface area contributed by atoms with Crippen LogP contribution in [0.3, 0.4) is 0 Å². The van der Waals surface area contributed by atoms with Gasteiger partial charge in [-0.05, 0) is 67.6 Å². The highest BCUT2D eigenvalue weighted by molar-refractivity contribution is 7.17. The summed E-state index contributed by atoms with van der Waals surface area (Å²) in [5, 5.41) is 4.58. The maximum absolute atomic E-state index is 12.4. The third kappa shape index (κ3) is 11.5. The van der Waals surface area contributed by atoms with Crippen molar-refractivity contribution in [2.24, 2.45) is 0 Å². The first-order valence-electron chi connectivity index (χ1n) is 18.4. The second-order valence-corrected chi connectivity index (χ2v) is 14.1. The molecule has 5 rings (SSSR count). The smallest absolute Gasteiger partial charge is 0.312 e. The van der Waals surface area contributed by atoms with E-state index in [0.717, 1.165) is 75.1 Å². The molecule has 0 bridgehead atoms. The van der Waals surface area contributed by atoms with Crippen molar-refractivity contribution in [1.82, 2.24) is 9.88 Å². The topological polar surface area (TPSA) is 54.9 Å². The number of thiophene rings is 1. The Labute approximate surface area is 286 Å². The Morgan fingerprint density at radius 1 is 0.787 bits per heavy atom. The number of aromatic nitrogens is 1. The van der Waals surface area contributed by atoms with Crippen LogP contribution in [0, 0.1) is 0 Å². The molecule has 0 amide bonds. The van der Waals surface area contributed by atoms with Gasteiger partial charge in [-0.25, -0.2) is 4.98 Å². The summed E-state index contributed by atoms with van der Waals surface area (Å²) in [5.41, 5.74) is 2.16. The molecule has 47 heavy (non-hydrogen) atoms. The number of pyridine rings is 1. The van der Waals surface area contributed by atoms with Crippen LogP contribution in [0.2, 0.25) is 0 Å². The van der Waals surface area contributed by atoms with E-state index >= 15 is 0 Å². The molecule has 0 aliphatic carbocycles. The van der Waals surface area contributed by atoms with Gasteiger partial charge in [-0.3, -0.25) is 9.69 Å². The van der Waals surface area contributed by atoms with Gasteiger partial charge in [0.25, 0.3) is 0 Å². The number of ether oxygens (including phenoxy) is 2. The van der Waals surface area contributed by atoms with Gasteiger partial charge in [0.1, 0.15) is 5.75 Å². The minimum atomic E-state index is -0.197. The van der Waals surface area contributed by atoms with Crippen molar-refractivity contribution in [1.29, 1.82) is 0 Å². The number of rotatable bonds is 21. The second-order valence-electron chi connectivity index (χ2n) is 13.1. The van der Waals surface area contributed by atoms with Gasteiger partial charge in [0.15, 0.2) is 0 Å². The third-order valence-electron chi connectivity index (χ3n) is 9.41. The Kier molecular flexibility index (Phi) is 14.7. The molecule has 1 aliphatic heterocycles. The van der Waals surface area contributed by atoms with E-state index in [1.54, 1.807) is 6.07 Å². The zero-order chi connectivity index (χ0) is 32.5. The number of nitrogens with zero attached hydrogens (tertiary/aromatic N) is 3. The van der Waals surface area contributed by atoms with E-state index < -0.39 is 0 Å². The van der Waals surface area contributed by atoms with Crippen LogP contribution in [0.25, 0.3) is 21.0 Å². The number of piperazine rings is 1. The Bertz CT molecular complexity index is 1500. The predicted molar refractivity (Wildman–Crippen MR) is 198 cm³/mol. The average molecular weight is 658 g/mol. The Hall–Kier alpha value is -3.16. The molecular weight excluding hydrogens is 603 g/mol. The number of carbonyl (C=O) groups excluding carboxylic acids is 1. The van der Waals surface area contributed by atoms with Crippen LogP contribution < -0.4 is 14.4 Å². The minimum absolute atomic E-state index is 0.197. The van der Waals surface area contributed by atoms with E-state index in [0.29, 0.717) is 18.9 Å². The van der Waals surface area contributed by atoms with E-state index in [1.807, 2.05) is 35.6 Å². The third-order valence-corrected chi connectivity index (χ3v) is 10.3. The van der Waals surface area contributed by atoms with Crippen LogP contribution in [-0.4, -0.2) is 55.2 Å². The average Bonchev–Trinajstić information content (AvgIpc) is 3.58. The van der Waals surface area contributed by atoms with Crippen molar-refractivity contribution in [3.8, 4) is 11.6 Å². The summed E-state index contributed by atoms with van der Waals surface area (Å²) in [5.74, 6) is 0.976. The first-order valence-corrected chi connectivity index (χ1v) is 19.3. The van der Waals surface area contributed by atoms with E-state index in [-0.39, 0.29) is 5.97 Å². The van der Waals surface area contributed by atoms with Crippen molar-refractivity contribution in [3.05, 3.63) is 60.0 Å². The molecule has 7 heteroatoms. The summed E-state index contributed by atoms with van der Waals surface area (Å²) < 4.78 is 13.0. The summed E-state index contributed by atoms with van der Waals surface area (Å²) in [7, 11) is 0. The summed E-state index contributed by atoms with van der Waals surface area (Å²) in [4.78, 5) is 22.2. The van der Waals surface area contributed by atoms with E-state index in [1.165, 1.54) is 80.0 Å². The maximum Gasteiger partial charge on any atom is 0.312 e. The Morgan fingerprint density at radius 2 is 1.51 bits per heavy atom. The molecule has 1 saturated heterocycles. The van der Waals surface area contributed by atoms with Crippen LogP contribution in [0.15, 0.2) is 60.0 Å². The normalized spacial score (nSPS) is 13.9. The quantitative estimate of drug-likeness (QED) is 0.0657. The number of anilines is 1. The lowest BCUT2D eigenvalue weighted by Crippen LogP contribution is -2.46. The van der Waals surface area contributed by atoms with E-state index in [4.69, 9.17) is 9.47 Å². The highest BCUT2D eigenvalue weighted by Crippen LogP contribution is 2.31. The first-order chi connectivity index (χ1) is 23.2. The number of unbranched alkanes of at least 4 members (excludes halogenated alkanes) is 12. The number of hydrogen-bond acceptors (Lipinski definition) is 7. The van der Waals surface area contributed by atoms with Crippen molar-refractivity contribution < 1.29 is 14.3 Å². The van der Waals surface area contributed by atoms with Crippen LogP contribution in [0.5, 0.6) is 11.6 Å². The van der Waals surface area contributed by atoms with Gasteiger partial charge in [-0.1, -0.05) is 83.6 Å². The minimum Gasteiger partial charge on any atom is -0.494 e.